The second kappa shape index (κ2) is 4.01. The molecule has 1 atom stereocenters. The maximum absolute atomic E-state index is 5.36. The molecule has 2 aromatic rings. The quantitative estimate of drug-likeness (QED) is 0.807. The molecular formula is C12H17N3S. The smallest absolute Gasteiger partial charge is 0.179 e. The number of imidazole rings is 1. The molecule has 4 heteroatoms. The van der Waals surface area contributed by atoms with Crippen LogP contribution in [-0.2, 0) is 0 Å². The molecule has 0 spiro atoms. The van der Waals surface area contributed by atoms with Crippen LogP contribution in [0.2, 0.25) is 0 Å². The fourth-order valence-electron chi connectivity index (χ4n) is 1.79. The Bertz CT molecular complexity index is 565. The highest BCUT2D eigenvalue weighted by molar-refractivity contribution is 7.71. The van der Waals surface area contributed by atoms with Gasteiger partial charge in [-0.1, -0.05) is 13.8 Å². The zero-order valence-electron chi connectivity index (χ0n) is 10.1. The van der Waals surface area contributed by atoms with Crippen LogP contribution in [0.3, 0.4) is 0 Å². The number of rotatable bonds is 2. The summed E-state index contributed by atoms with van der Waals surface area (Å²) >= 11 is 5.36. The molecule has 0 fully saturated rings. The van der Waals surface area contributed by atoms with Crippen LogP contribution in [-0.4, -0.2) is 14.5 Å². The van der Waals surface area contributed by atoms with Gasteiger partial charge in [-0.3, -0.25) is 4.57 Å². The van der Waals surface area contributed by atoms with Crippen molar-refractivity contribution in [1.82, 2.24) is 14.5 Å². The molecule has 0 aromatic carbocycles. The first-order valence-corrected chi connectivity index (χ1v) is 5.98. The Morgan fingerprint density at radius 3 is 2.69 bits per heavy atom. The van der Waals surface area contributed by atoms with Crippen molar-refractivity contribution in [2.75, 3.05) is 0 Å². The van der Waals surface area contributed by atoms with Crippen LogP contribution in [0, 0.1) is 17.6 Å². The highest BCUT2D eigenvalue weighted by Crippen LogP contribution is 2.23. The summed E-state index contributed by atoms with van der Waals surface area (Å²) in [7, 11) is 0. The van der Waals surface area contributed by atoms with Crippen molar-refractivity contribution in [2.45, 2.75) is 33.7 Å². The first-order valence-electron chi connectivity index (χ1n) is 5.57. The minimum atomic E-state index is 0.358. The van der Waals surface area contributed by atoms with Gasteiger partial charge < -0.3 is 4.98 Å². The van der Waals surface area contributed by atoms with E-state index in [1.165, 1.54) is 0 Å². The number of fused-ring (bicyclic) bond motifs is 1. The summed E-state index contributed by atoms with van der Waals surface area (Å²) in [5.41, 5.74) is 3.13. The molecule has 0 bridgehead atoms. The van der Waals surface area contributed by atoms with E-state index in [1.807, 2.05) is 13.1 Å². The van der Waals surface area contributed by atoms with Crippen molar-refractivity contribution in [1.29, 1.82) is 0 Å². The molecule has 86 valence electrons. The van der Waals surface area contributed by atoms with Crippen molar-refractivity contribution in [3.05, 3.63) is 22.6 Å². The predicted octanol–water partition coefficient (Wildman–Crippen LogP) is 3.62. The van der Waals surface area contributed by atoms with Crippen LogP contribution in [0.5, 0.6) is 0 Å². The van der Waals surface area contributed by atoms with E-state index in [0.29, 0.717) is 12.0 Å². The van der Waals surface area contributed by atoms with E-state index in [0.717, 1.165) is 21.5 Å². The first-order chi connectivity index (χ1) is 7.50. The van der Waals surface area contributed by atoms with Gasteiger partial charge in [-0.05, 0) is 43.6 Å². The van der Waals surface area contributed by atoms with Gasteiger partial charge in [0, 0.05) is 12.2 Å². The van der Waals surface area contributed by atoms with Gasteiger partial charge in [0.15, 0.2) is 10.4 Å². The van der Waals surface area contributed by atoms with Gasteiger partial charge in [-0.25, -0.2) is 4.98 Å². The summed E-state index contributed by atoms with van der Waals surface area (Å²) < 4.78 is 2.86. The maximum Gasteiger partial charge on any atom is 0.179 e. The molecule has 0 aliphatic heterocycles. The van der Waals surface area contributed by atoms with Gasteiger partial charge in [-0.2, -0.15) is 0 Å². The number of nitrogens with zero attached hydrogens (tertiary/aromatic N) is 2. The lowest BCUT2D eigenvalue weighted by Crippen LogP contribution is -2.12. The zero-order valence-corrected chi connectivity index (χ0v) is 10.9. The second-order valence-corrected chi connectivity index (χ2v) is 5.06. The molecule has 1 N–H and O–H groups in total. The summed E-state index contributed by atoms with van der Waals surface area (Å²) in [4.78, 5) is 7.69. The molecule has 2 aromatic heterocycles. The first kappa shape index (κ1) is 11.3. The Balaban J connectivity index is 2.70. The van der Waals surface area contributed by atoms with E-state index in [9.17, 15) is 0 Å². The van der Waals surface area contributed by atoms with Crippen LogP contribution in [0.1, 0.15) is 32.4 Å². The highest BCUT2D eigenvalue weighted by atomic mass is 32.1. The van der Waals surface area contributed by atoms with Crippen LogP contribution in [0.25, 0.3) is 11.2 Å². The van der Waals surface area contributed by atoms with Crippen molar-refractivity contribution >= 4 is 23.4 Å². The molecule has 0 saturated carbocycles. The molecule has 0 radical (unpaired) electrons. The molecule has 1 unspecified atom stereocenters. The van der Waals surface area contributed by atoms with Crippen LogP contribution >= 0.6 is 12.2 Å². The number of aromatic nitrogens is 3. The fraction of sp³-hybridized carbons (Fsp3) is 0.500. The topological polar surface area (TPSA) is 33.6 Å². The second-order valence-electron chi connectivity index (χ2n) is 4.67. The normalized spacial score (nSPS) is 13.6. The summed E-state index contributed by atoms with van der Waals surface area (Å²) in [6.07, 6.45) is 1.88. The van der Waals surface area contributed by atoms with E-state index in [4.69, 9.17) is 12.2 Å². The molecular weight excluding hydrogens is 218 g/mol. The summed E-state index contributed by atoms with van der Waals surface area (Å²) in [5, 5.41) is 0. The minimum absolute atomic E-state index is 0.358. The number of nitrogens with one attached hydrogen (secondary N) is 1. The van der Waals surface area contributed by atoms with Gasteiger partial charge in [0.1, 0.15) is 0 Å². The predicted molar refractivity (Wildman–Crippen MR) is 69.2 cm³/mol. The van der Waals surface area contributed by atoms with Crippen molar-refractivity contribution < 1.29 is 0 Å². The molecule has 16 heavy (non-hydrogen) atoms. The van der Waals surface area contributed by atoms with Gasteiger partial charge >= 0.3 is 0 Å². The Morgan fingerprint density at radius 2 is 2.06 bits per heavy atom. The number of hydrogen-bond acceptors (Lipinski definition) is 2. The van der Waals surface area contributed by atoms with E-state index >= 15 is 0 Å². The van der Waals surface area contributed by atoms with Crippen LogP contribution in [0.15, 0.2) is 12.3 Å². The SMILES string of the molecule is Cc1cnc2c(c1)[nH]c(=S)n2C(C)C(C)C. The number of H-pyrrole nitrogens is 1. The largest absolute Gasteiger partial charge is 0.329 e. The molecule has 3 nitrogen and oxygen atoms in total. The third kappa shape index (κ3) is 1.78. The highest BCUT2D eigenvalue weighted by Gasteiger charge is 2.14. The number of aryl methyl sites for hydroxylation is 1. The summed E-state index contributed by atoms with van der Waals surface area (Å²) in [5.74, 6) is 0.536. The lowest BCUT2D eigenvalue weighted by atomic mass is 10.1. The van der Waals surface area contributed by atoms with E-state index < -0.39 is 0 Å². The van der Waals surface area contributed by atoms with Crippen molar-refractivity contribution in [2.24, 2.45) is 5.92 Å². The summed E-state index contributed by atoms with van der Waals surface area (Å²) in [6.45, 7) is 8.60. The average molecular weight is 235 g/mol. The lowest BCUT2D eigenvalue weighted by molar-refractivity contribution is 0.411. The van der Waals surface area contributed by atoms with Crippen molar-refractivity contribution in [3.63, 3.8) is 0 Å². The van der Waals surface area contributed by atoms with Crippen LogP contribution < -0.4 is 0 Å². The van der Waals surface area contributed by atoms with Gasteiger partial charge in [0.2, 0.25) is 0 Å². The Morgan fingerprint density at radius 1 is 1.38 bits per heavy atom. The third-order valence-electron chi connectivity index (χ3n) is 3.06. The van der Waals surface area contributed by atoms with Gasteiger partial charge in [0.05, 0.1) is 5.52 Å². The molecule has 2 rings (SSSR count). The summed E-state index contributed by atoms with van der Waals surface area (Å²) in [6, 6.07) is 2.44. The minimum Gasteiger partial charge on any atom is -0.329 e. The zero-order chi connectivity index (χ0) is 11.9. The van der Waals surface area contributed by atoms with Gasteiger partial charge in [-0.15, -0.1) is 0 Å². The Kier molecular flexibility index (Phi) is 2.84. The molecule has 2 heterocycles. The Labute approximate surface area is 101 Å². The van der Waals surface area contributed by atoms with E-state index in [2.05, 4.69) is 41.4 Å². The molecule has 0 aliphatic rings. The lowest BCUT2D eigenvalue weighted by Gasteiger charge is -2.17. The molecule has 0 aliphatic carbocycles. The number of pyridine rings is 1. The molecule has 0 saturated heterocycles. The van der Waals surface area contributed by atoms with Crippen molar-refractivity contribution in [3.8, 4) is 0 Å². The number of hydrogen-bond donors (Lipinski definition) is 1. The maximum atomic E-state index is 5.36. The molecule has 0 amide bonds. The Hall–Kier alpha value is -1.16. The average Bonchev–Trinajstić information content (AvgIpc) is 2.51. The van der Waals surface area contributed by atoms with E-state index in [-0.39, 0.29) is 0 Å². The van der Waals surface area contributed by atoms with Crippen LogP contribution in [0.4, 0.5) is 0 Å². The standard InChI is InChI=1S/C12H17N3S/c1-7(2)9(4)15-11-10(14-12(15)16)5-8(3)6-13-11/h5-7,9H,1-4H3,(H,14,16). The fourth-order valence-corrected chi connectivity index (χ4v) is 2.16. The number of aromatic amines is 1. The third-order valence-corrected chi connectivity index (χ3v) is 3.36. The van der Waals surface area contributed by atoms with E-state index in [1.54, 1.807) is 0 Å². The van der Waals surface area contributed by atoms with Gasteiger partial charge in [0.25, 0.3) is 0 Å². The monoisotopic (exact) mass is 235 g/mol.